The van der Waals surface area contributed by atoms with E-state index in [0.29, 0.717) is 17.7 Å². The second kappa shape index (κ2) is 7.91. The molecule has 6 nitrogen and oxygen atoms in total. The number of aryl methyl sites for hydroxylation is 1. The molecule has 0 fully saturated rings. The minimum Gasteiger partial charge on any atom is -0.419 e. The van der Waals surface area contributed by atoms with Crippen LogP contribution in [0.15, 0.2) is 59.0 Å². The Hall–Kier alpha value is -3.41. The van der Waals surface area contributed by atoms with Crippen molar-refractivity contribution in [3.63, 3.8) is 0 Å². The summed E-state index contributed by atoms with van der Waals surface area (Å²) in [6, 6.07) is 17.7. The van der Waals surface area contributed by atoms with E-state index in [-0.39, 0.29) is 12.5 Å². The average Bonchev–Trinajstić information content (AvgIpc) is 3.28. The smallest absolute Gasteiger partial charge is 0.264 e. The SMILES string of the molecule is Cc1ccccc1NC(=O)Cn1c(-c2nnc(CC(C)C)o2)cc2ccccc21. The summed E-state index contributed by atoms with van der Waals surface area (Å²) in [7, 11) is 0. The standard InChI is InChI=1S/C23H24N4O2/c1-15(2)12-22-25-26-23(29-22)20-13-17-9-5-7-11-19(17)27(20)14-21(28)24-18-10-6-4-8-16(18)3/h4-11,13,15H,12,14H2,1-3H3,(H,24,28). The predicted octanol–water partition coefficient (Wildman–Crippen LogP) is 4.84. The highest BCUT2D eigenvalue weighted by Crippen LogP contribution is 2.28. The number of hydrogen-bond acceptors (Lipinski definition) is 4. The van der Waals surface area contributed by atoms with E-state index in [4.69, 9.17) is 4.42 Å². The van der Waals surface area contributed by atoms with E-state index >= 15 is 0 Å². The fourth-order valence-corrected chi connectivity index (χ4v) is 3.39. The Morgan fingerprint density at radius 2 is 1.86 bits per heavy atom. The summed E-state index contributed by atoms with van der Waals surface area (Å²) >= 11 is 0. The number of nitrogens with one attached hydrogen (secondary N) is 1. The second-order valence-electron chi connectivity index (χ2n) is 7.64. The van der Waals surface area contributed by atoms with Gasteiger partial charge in [-0.25, -0.2) is 0 Å². The van der Waals surface area contributed by atoms with Crippen molar-refractivity contribution in [3.8, 4) is 11.6 Å². The van der Waals surface area contributed by atoms with Crippen molar-refractivity contribution in [2.24, 2.45) is 5.92 Å². The quantitative estimate of drug-likeness (QED) is 0.513. The lowest BCUT2D eigenvalue weighted by Gasteiger charge is -2.11. The monoisotopic (exact) mass is 388 g/mol. The average molecular weight is 388 g/mol. The molecule has 0 atom stereocenters. The van der Waals surface area contributed by atoms with Gasteiger partial charge >= 0.3 is 0 Å². The van der Waals surface area contributed by atoms with E-state index in [9.17, 15) is 4.79 Å². The van der Waals surface area contributed by atoms with Gasteiger partial charge in [0.25, 0.3) is 5.89 Å². The van der Waals surface area contributed by atoms with Crippen molar-refractivity contribution < 1.29 is 9.21 Å². The number of nitrogens with zero attached hydrogens (tertiary/aromatic N) is 3. The van der Waals surface area contributed by atoms with Crippen LogP contribution in [0, 0.1) is 12.8 Å². The maximum atomic E-state index is 12.8. The fourth-order valence-electron chi connectivity index (χ4n) is 3.39. The van der Waals surface area contributed by atoms with Gasteiger partial charge in [-0.15, -0.1) is 10.2 Å². The van der Waals surface area contributed by atoms with E-state index in [0.717, 1.165) is 34.3 Å². The molecule has 148 valence electrons. The van der Waals surface area contributed by atoms with Crippen LogP contribution < -0.4 is 5.32 Å². The number of amides is 1. The molecule has 0 aliphatic rings. The van der Waals surface area contributed by atoms with Crippen LogP contribution in [0.25, 0.3) is 22.5 Å². The Balaban J connectivity index is 1.67. The summed E-state index contributed by atoms with van der Waals surface area (Å²) in [5.41, 5.74) is 3.53. The number of aromatic nitrogens is 3. The van der Waals surface area contributed by atoms with Crippen LogP contribution in [0.5, 0.6) is 0 Å². The zero-order chi connectivity index (χ0) is 20.4. The molecule has 2 aromatic carbocycles. The molecule has 4 rings (SSSR count). The first-order valence-corrected chi connectivity index (χ1v) is 9.78. The van der Waals surface area contributed by atoms with Crippen molar-refractivity contribution in [3.05, 3.63) is 66.1 Å². The molecule has 0 aliphatic heterocycles. The fraction of sp³-hybridized carbons (Fsp3) is 0.261. The van der Waals surface area contributed by atoms with Gasteiger partial charge in [0.1, 0.15) is 12.2 Å². The summed E-state index contributed by atoms with van der Waals surface area (Å²) in [4.78, 5) is 12.8. The highest BCUT2D eigenvalue weighted by Gasteiger charge is 2.19. The normalized spacial score (nSPS) is 11.3. The van der Waals surface area contributed by atoms with Crippen LogP contribution >= 0.6 is 0 Å². The molecule has 0 aliphatic carbocycles. The highest BCUT2D eigenvalue weighted by molar-refractivity contribution is 5.94. The van der Waals surface area contributed by atoms with Crippen LogP contribution in [-0.2, 0) is 17.8 Å². The van der Waals surface area contributed by atoms with Crippen LogP contribution in [0.4, 0.5) is 5.69 Å². The molecule has 0 spiro atoms. The van der Waals surface area contributed by atoms with Gasteiger partial charge in [-0.2, -0.15) is 0 Å². The van der Waals surface area contributed by atoms with Gasteiger partial charge < -0.3 is 14.3 Å². The van der Waals surface area contributed by atoms with Gasteiger partial charge in [0, 0.05) is 23.0 Å². The summed E-state index contributed by atoms with van der Waals surface area (Å²) < 4.78 is 7.82. The molecule has 4 aromatic rings. The molecular weight excluding hydrogens is 364 g/mol. The number of carbonyl (C=O) groups excluding carboxylic acids is 1. The third-order valence-electron chi connectivity index (χ3n) is 4.80. The Morgan fingerprint density at radius 3 is 2.66 bits per heavy atom. The molecule has 0 radical (unpaired) electrons. The first-order valence-electron chi connectivity index (χ1n) is 9.78. The molecule has 29 heavy (non-hydrogen) atoms. The molecule has 0 saturated heterocycles. The van der Waals surface area contributed by atoms with Crippen molar-refractivity contribution in [2.75, 3.05) is 5.32 Å². The van der Waals surface area contributed by atoms with Crippen LogP contribution in [0.2, 0.25) is 0 Å². The lowest BCUT2D eigenvalue weighted by molar-refractivity contribution is -0.116. The summed E-state index contributed by atoms with van der Waals surface area (Å²) in [5.74, 6) is 1.36. The van der Waals surface area contributed by atoms with Gasteiger partial charge in [-0.05, 0) is 36.6 Å². The topological polar surface area (TPSA) is 73.0 Å². The first-order chi connectivity index (χ1) is 14.0. The molecule has 6 heteroatoms. The Morgan fingerprint density at radius 1 is 1.10 bits per heavy atom. The van der Waals surface area contributed by atoms with E-state index < -0.39 is 0 Å². The first kappa shape index (κ1) is 18.9. The van der Waals surface area contributed by atoms with Crippen LogP contribution in [0.3, 0.4) is 0 Å². The lowest BCUT2D eigenvalue weighted by Crippen LogP contribution is -2.19. The molecule has 1 N–H and O–H groups in total. The van der Waals surface area contributed by atoms with E-state index in [1.165, 1.54) is 0 Å². The van der Waals surface area contributed by atoms with Gasteiger partial charge in [-0.1, -0.05) is 50.2 Å². The Kier molecular flexibility index (Phi) is 5.16. The van der Waals surface area contributed by atoms with E-state index in [1.807, 2.05) is 66.1 Å². The number of hydrogen-bond donors (Lipinski definition) is 1. The van der Waals surface area contributed by atoms with Crippen molar-refractivity contribution in [1.82, 2.24) is 14.8 Å². The number of para-hydroxylation sites is 2. The van der Waals surface area contributed by atoms with Gasteiger partial charge in [-0.3, -0.25) is 4.79 Å². The van der Waals surface area contributed by atoms with Crippen LogP contribution in [0.1, 0.15) is 25.3 Å². The zero-order valence-corrected chi connectivity index (χ0v) is 16.8. The number of carbonyl (C=O) groups is 1. The van der Waals surface area contributed by atoms with Crippen molar-refractivity contribution in [2.45, 2.75) is 33.7 Å². The van der Waals surface area contributed by atoms with Crippen molar-refractivity contribution >= 4 is 22.5 Å². The molecule has 2 heterocycles. The van der Waals surface area contributed by atoms with Gasteiger partial charge in [0.15, 0.2) is 0 Å². The minimum absolute atomic E-state index is 0.108. The largest absolute Gasteiger partial charge is 0.419 e. The predicted molar refractivity (Wildman–Crippen MR) is 114 cm³/mol. The summed E-state index contributed by atoms with van der Waals surface area (Å²) in [6.45, 7) is 6.34. The highest BCUT2D eigenvalue weighted by atomic mass is 16.4. The van der Waals surface area contributed by atoms with E-state index in [2.05, 4.69) is 29.4 Å². The second-order valence-corrected chi connectivity index (χ2v) is 7.64. The molecule has 0 bridgehead atoms. The third-order valence-corrected chi connectivity index (χ3v) is 4.80. The molecular formula is C23H24N4O2. The third kappa shape index (κ3) is 4.06. The zero-order valence-electron chi connectivity index (χ0n) is 16.8. The lowest BCUT2D eigenvalue weighted by atomic mass is 10.1. The summed E-state index contributed by atoms with van der Waals surface area (Å²) in [5, 5.41) is 12.4. The van der Waals surface area contributed by atoms with Gasteiger partial charge in [0.2, 0.25) is 11.8 Å². The van der Waals surface area contributed by atoms with Crippen molar-refractivity contribution in [1.29, 1.82) is 0 Å². The van der Waals surface area contributed by atoms with Crippen LogP contribution in [-0.4, -0.2) is 20.7 Å². The molecule has 2 aromatic heterocycles. The maximum absolute atomic E-state index is 12.8. The molecule has 0 unspecified atom stereocenters. The minimum atomic E-state index is -0.108. The van der Waals surface area contributed by atoms with E-state index in [1.54, 1.807) is 0 Å². The van der Waals surface area contributed by atoms with Gasteiger partial charge in [0.05, 0.1) is 0 Å². The number of benzene rings is 2. The molecule has 0 saturated carbocycles. The summed E-state index contributed by atoms with van der Waals surface area (Å²) in [6.07, 6.45) is 0.723. The Bertz CT molecular complexity index is 1160. The number of fused-ring (bicyclic) bond motifs is 1. The Labute approximate surface area is 169 Å². The number of anilines is 1. The number of rotatable bonds is 6. The molecule has 1 amide bonds. The maximum Gasteiger partial charge on any atom is 0.264 e.